The van der Waals surface area contributed by atoms with Gasteiger partial charge in [-0.15, -0.1) is 0 Å². The third-order valence-electron chi connectivity index (χ3n) is 11.6. The van der Waals surface area contributed by atoms with Crippen molar-refractivity contribution in [3.05, 3.63) is 60.8 Å². The second-order valence-corrected chi connectivity index (χ2v) is 20.7. The lowest BCUT2D eigenvalue weighted by Crippen LogP contribution is -2.37. The number of phosphoric acid groups is 1. The van der Waals surface area contributed by atoms with Crippen LogP contribution in [-0.2, 0) is 27.9 Å². The zero-order chi connectivity index (χ0) is 47.6. The molecule has 8 nitrogen and oxygen atoms in total. The van der Waals surface area contributed by atoms with Gasteiger partial charge in [-0.25, -0.2) is 4.57 Å². The monoisotopic (exact) mass is 935 g/mol. The van der Waals surface area contributed by atoms with Crippen LogP contribution in [0.4, 0.5) is 0 Å². The van der Waals surface area contributed by atoms with Crippen molar-refractivity contribution in [3.63, 3.8) is 0 Å². The van der Waals surface area contributed by atoms with Crippen molar-refractivity contribution in [1.82, 2.24) is 0 Å². The summed E-state index contributed by atoms with van der Waals surface area (Å²) in [4.78, 5) is 23.0. The fourth-order valence-corrected chi connectivity index (χ4v) is 8.21. The number of nitrogens with zero attached hydrogens (tertiary/aromatic N) is 1. The van der Waals surface area contributed by atoms with Crippen LogP contribution in [0.5, 0.6) is 0 Å². The molecule has 0 fully saturated rings. The Hall–Kier alpha value is -1.80. The average molecular weight is 935 g/mol. The van der Waals surface area contributed by atoms with Crippen LogP contribution < -0.4 is 0 Å². The van der Waals surface area contributed by atoms with Crippen LogP contribution in [0.3, 0.4) is 0 Å². The number of hydrogen-bond acceptors (Lipinski definition) is 6. The Morgan fingerprint density at radius 3 is 1.34 bits per heavy atom. The lowest BCUT2D eigenvalue weighted by molar-refractivity contribution is -0.870. The molecule has 0 saturated heterocycles. The van der Waals surface area contributed by atoms with E-state index in [1.54, 1.807) is 0 Å². The highest BCUT2D eigenvalue weighted by atomic mass is 31.2. The molecule has 0 radical (unpaired) electrons. The molecule has 2 atom stereocenters. The number of quaternary nitrogens is 1. The Bertz CT molecular complexity index is 1220. The highest BCUT2D eigenvalue weighted by Crippen LogP contribution is 2.43. The van der Waals surface area contributed by atoms with Crippen molar-refractivity contribution in [2.45, 2.75) is 238 Å². The van der Waals surface area contributed by atoms with Crippen molar-refractivity contribution in [3.8, 4) is 0 Å². The maximum Gasteiger partial charge on any atom is 0.472 e. The lowest BCUT2D eigenvalue weighted by Gasteiger charge is -2.24. The number of phosphoric ester groups is 1. The molecule has 0 aromatic carbocycles. The molecular formula is C56H105NO7P+. The van der Waals surface area contributed by atoms with Crippen molar-refractivity contribution in [2.24, 2.45) is 0 Å². The highest BCUT2D eigenvalue weighted by molar-refractivity contribution is 7.47. The number of unbranched alkanes of at least 4 members (excludes halogenated alkanes) is 26. The number of likely N-dealkylation sites (N-methyl/N-ethyl adjacent to an activating group) is 1. The number of esters is 1. The minimum Gasteiger partial charge on any atom is -0.457 e. The Morgan fingerprint density at radius 1 is 0.492 bits per heavy atom. The molecule has 0 aliphatic rings. The summed E-state index contributed by atoms with van der Waals surface area (Å²) in [6.45, 7) is 5.50. The van der Waals surface area contributed by atoms with E-state index in [0.717, 1.165) is 77.0 Å². The quantitative estimate of drug-likeness (QED) is 0.0214. The van der Waals surface area contributed by atoms with E-state index in [2.05, 4.69) is 74.6 Å². The molecule has 0 rings (SSSR count). The molecule has 0 saturated carbocycles. The van der Waals surface area contributed by atoms with Crippen molar-refractivity contribution in [1.29, 1.82) is 0 Å². The van der Waals surface area contributed by atoms with Gasteiger partial charge in [0.05, 0.1) is 34.4 Å². The van der Waals surface area contributed by atoms with Crippen molar-refractivity contribution < 1.29 is 37.3 Å². The number of carbonyl (C=O) groups excluding carboxylic acids is 1. The second-order valence-electron chi connectivity index (χ2n) is 19.2. The van der Waals surface area contributed by atoms with Crippen molar-refractivity contribution in [2.75, 3.05) is 54.1 Å². The van der Waals surface area contributed by atoms with Gasteiger partial charge < -0.3 is 18.9 Å². The van der Waals surface area contributed by atoms with Gasteiger partial charge in [0, 0.05) is 13.0 Å². The Labute approximate surface area is 402 Å². The summed E-state index contributed by atoms with van der Waals surface area (Å²) in [5.41, 5.74) is 0. The summed E-state index contributed by atoms with van der Waals surface area (Å²) < 4.78 is 35.2. The largest absolute Gasteiger partial charge is 0.472 e. The minimum atomic E-state index is -4.29. The first kappa shape index (κ1) is 63.2. The van der Waals surface area contributed by atoms with Gasteiger partial charge in [0.15, 0.2) is 0 Å². The molecule has 0 bridgehead atoms. The molecule has 0 heterocycles. The molecule has 9 heteroatoms. The number of ether oxygens (including phenoxy) is 2. The summed E-state index contributed by atoms with van der Waals surface area (Å²) in [5, 5.41) is 0. The summed E-state index contributed by atoms with van der Waals surface area (Å²) in [6.07, 6.45) is 62.7. The topological polar surface area (TPSA) is 91.3 Å². The molecule has 0 aromatic rings. The SMILES string of the molecule is CC/C=C\C/C=C\C/C=C\C/C=C\C/C=C\CCCCCCCCOCC(COP(=O)(O)OCC[N+](C)(C)C)OC(=O)CCCCCCCCCCCCCCCCCCCCCCC. The molecule has 1 N–H and O–H groups in total. The van der Waals surface area contributed by atoms with Crippen LogP contribution in [0.2, 0.25) is 0 Å². The zero-order valence-electron chi connectivity index (χ0n) is 43.2. The molecule has 380 valence electrons. The third kappa shape index (κ3) is 53.0. The van der Waals surface area contributed by atoms with Gasteiger partial charge in [-0.3, -0.25) is 13.8 Å². The highest BCUT2D eigenvalue weighted by Gasteiger charge is 2.26. The maximum absolute atomic E-state index is 12.8. The molecule has 0 aliphatic carbocycles. The maximum atomic E-state index is 12.8. The second kappa shape index (κ2) is 48.6. The van der Waals surface area contributed by atoms with Gasteiger partial charge in [-0.05, 0) is 57.8 Å². The van der Waals surface area contributed by atoms with E-state index in [-0.39, 0.29) is 25.8 Å². The van der Waals surface area contributed by atoms with Gasteiger partial charge in [0.25, 0.3) is 0 Å². The number of hydrogen-bond donors (Lipinski definition) is 1. The first-order valence-corrected chi connectivity index (χ1v) is 28.5. The fraction of sp³-hybridized carbons (Fsp3) is 0.804. The summed E-state index contributed by atoms with van der Waals surface area (Å²) in [7, 11) is 1.66. The van der Waals surface area contributed by atoms with E-state index < -0.39 is 13.9 Å². The van der Waals surface area contributed by atoms with Crippen molar-refractivity contribution >= 4 is 13.8 Å². The fourth-order valence-electron chi connectivity index (χ4n) is 7.46. The number of carbonyl (C=O) groups is 1. The smallest absolute Gasteiger partial charge is 0.457 e. The molecule has 65 heavy (non-hydrogen) atoms. The van der Waals surface area contributed by atoms with Crippen LogP contribution in [-0.4, -0.2) is 75.6 Å². The van der Waals surface area contributed by atoms with Crippen LogP contribution in [0, 0.1) is 0 Å². The molecule has 0 aromatic heterocycles. The van der Waals surface area contributed by atoms with Crippen LogP contribution in [0.15, 0.2) is 60.8 Å². The summed E-state index contributed by atoms with van der Waals surface area (Å²) >= 11 is 0. The van der Waals surface area contributed by atoms with Crippen LogP contribution >= 0.6 is 7.82 Å². The first-order chi connectivity index (χ1) is 31.6. The van der Waals surface area contributed by atoms with E-state index in [1.165, 1.54) is 135 Å². The van der Waals surface area contributed by atoms with Gasteiger partial charge in [0.2, 0.25) is 0 Å². The van der Waals surface area contributed by atoms with E-state index in [1.807, 2.05) is 21.1 Å². The van der Waals surface area contributed by atoms with E-state index in [4.69, 9.17) is 18.5 Å². The Balaban J connectivity index is 4.14. The number of rotatable bonds is 50. The predicted octanol–water partition coefficient (Wildman–Crippen LogP) is 16.8. The molecule has 0 spiro atoms. The number of allylic oxidation sites excluding steroid dienone is 10. The normalized spacial score (nSPS) is 14.0. The summed E-state index contributed by atoms with van der Waals surface area (Å²) in [6, 6.07) is 0. The van der Waals surface area contributed by atoms with Gasteiger partial charge in [-0.2, -0.15) is 0 Å². The molecular weight excluding hydrogens is 830 g/mol. The van der Waals surface area contributed by atoms with E-state index in [0.29, 0.717) is 24.1 Å². The Morgan fingerprint density at radius 2 is 0.892 bits per heavy atom. The van der Waals surface area contributed by atoms with Gasteiger partial charge in [0.1, 0.15) is 19.3 Å². The summed E-state index contributed by atoms with van der Waals surface area (Å²) in [5.74, 6) is -0.316. The lowest BCUT2D eigenvalue weighted by atomic mass is 10.0. The molecule has 0 aliphatic heterocycles. The van der Waals surface area contributed by atoms with Crippen LogP contribution in [0.25, 0.3) is 0 Å². The van der Waals surface area contributed by atoms with Gasteiger partial charge >= 0.3 is 13.8 Å². The molecule has 2 unspecified atom stereocenters. The van der Waals surface area contributed by atoms with E-state index >= 15 is 0 Å². The van der Waals surface area contributed by atoms with Gasteiger partial charge in [-0.1, -0.05) is 229 Å². The molecule has 0 amide bonds. The minimum absolute atomic E-state index is 0.0844. The first-order valence-electron chi connectivity index (χ1n) is 27.0. The zero-order valence-corrected chi connectivity index (χ0v) is 44.1. The third-order valence-corrected chi connectivity index (χ3v) is 12.6. The van der Waals surface area contributed by atoms with Crippen LogP contribution in [0.1, 0.15) is 232 Å². The predicted molar refractivity (Wildman–Crippen MR) is 279 cm³/mol. The Kier molecular flexibility index (Phi) is 47.3. The van der Waals surface area contributed by atoms with E-state index in [9.17, 15) is 14.3 Å². The standard InChI is InChI=1S/C56H104NO7P/c1-6-8-10-12-14-16-18-20-22-24-26-28-30-32-34-36-38-40-42-44-46-48-51-61-53-55(54-63-65(59,60)62-52-50-57(3,4)5)64-56(58)49-47-45-43-41-39-37-35-33-31-29-27-25-23-21-19-17-15-13-11-9-7-2/h8,10,14,16,20,22,26,28,32,34,55H,6-7,9,11-13,15,17-19,21,23-25,27,29-31,33,35-54H2,1-5H3/p+1/b10-8-,16-14-,22-20-,28-26-,34-32-. The average Bonchev–Trinajstić information content (AvgIpc) is 3.27.